The highest BCUT2D eigenvalue weighted by Crippen LogP contribution is 2.02. The average Bonchev–Trinajstić information content (AvgIpc) is 2.05. The number of nitrogens with zero attached hydrogens (tertiary/aromatic N) is 2. The van der Waals surface area contributed by atoms with Crippen molar-refractivity contribution >= 4 is 0 Å². The van der Waals surface area contributed by atoms with E-state index < -0.39 is 0 Å². The summed E-state index contributed by atoms with van der Waals surface area (Å²) in [5.41, 5.74) is 6.41. The Hall–Kier alpha value is -0.960. The maximum atomic E-state index is 5.42. The largest absolute Gasteiger partial charge is 0.326 e. The summed E-state index contributed by atoms with van der Waals surface area (Å²) in [6.45, 7) is 4.82. The molecule has 0 bridgehead atoms. The van der Waals surface area contributed by atoms with Crippen molar-refractivity contribution in [2.24, 2.45) is 11.7 Å². The second-order valence-electron chi connectivity index (χ2n) is 3.31. The first-order chi connectivity index (χ1) is 5.72. The summed E-state index contributed by atoms with van der Waals surface area (Å²) in [6.07, 6.45) is 4.53. The first-order valence-electron chi connectivity index (χ1n) is 4.22. The van der Waals surface area contributed by atoms with Gasteiger partial charge in [-0.3, -0.25) is 0 Å². The average molecular weight is 165 g/mol. The molecule has 0 atom stereocenters. The van der Waals surface area contributed by atoms with E-state index in [-0.39, 0.29) is 0 Å². The Morgan fingerprint density at radius 3 is 2.33 bits per heavy atom. The predicted molar refractivity (Wildman–Crippen MR) is 48.5 cm³/mol. The summed E-state index contributed by atoms with van der Waals surface area (Å²) in [5, 5.41) is 0. The third-order valence-corrected chi connectivity index (χ3v) is 1.59. The molecule has 1 heterocycles. The van der Waals surface area contributed by atoms with Gasteiger partial charge in [0.15, 0.2) is 0 Å². The lowest BCUT2D eigenvalue weighted by atomic mass is 10.1. The van der Waals surface area contributed by atoms with E-state index in [1.165, 1.54) is 0 Å². The molecule has 0 saturated heterocycles. The van der Waals surface area contributed by atoms with Crippen LogP contribution >= 0.6 is 0 Å². The van der Waals surface area contributed by atoms with Gasteiger partial charge in [-0.25, -0.2) is 9.97 Å². The zero-order valence-electron chi connectivity index (χ0n) is 7.62. The Kier molecular flexibility index (Phi) is 3.17. The van der Waals surface area contributed by atoms with Gasteiger partial charge in [-0.2, -0.15) is 0 Å². The Morgan fingerprint density at radius 1 is 1.33 bits per heavy atom. The molecule has 0 unspecified atom stereocenters. The van der Waals surface area contributed by atoms with Crippen molar-refractivity contribution < 1.29 is 0 Å². The minimum absolute atomic E-state index is 0.516. The van der Waals surface area contributed by atoms with Crippen LogP contribution in [-0.2, 0) is 13.0 Å². The molecule has 1 aromatic heterocycles. The van der Waals surface area contributed by atoms with Crippen molar-refractivity contribution in [3.8, 4) is 0 Å². The molecular formula is C9H15N3. The number of aromatic nitrogens is 2. The standard InChI is InChI=1S/C9H15N3/c1-7(2)3-9-11-5-8(4-10)6-12-9/h5-7H,3-4,10H2,1-2H3. The van der Waals surface area contributed by atoms with Crippen molar-refractivity contribution in [1.29, 1.82) is 0 Å². The van der Waals surface area contributed by atoms with Crippen LogP contribution in [0.25, 0.3) is 0 Å². The normalized spacial score (nSPS) is 10.7. The summed E-state index contributed by atoms with van der Waals surface area (Å²) in [7, 11) is 0. The van der Waals surface area contributed by atoms with Crippen molar-refractivity contribution in [3.63, 3.8) is 0 Å². The lowest BCUT2D eigenvalue weighted by Crippen LogP contribution is -2.03. The molecule has 0 aromatic carbocycles. The van der Waals surface area contributed by atoms with E-state index in [0.717, 1.165) is 17.8 Å². The summed E-state index contributed by atoms with van der Waals surface area (Å²) in [5.74, 6) is 1.51. The van der Waals surface area contributed by atoms with Gasteiger partial charge in [0, 0.05) is 30.9 Å². The van der Waals surface area contributed by atoms with Crippen LogP contribution < -0.4 is 5.73 Å². The van der Waals surface area contributed by atoms with Gasteiger partial charge in [-0.15, -0.1) is 0 Å². The minimum atomic E-state index is 0.516. The quantitative estimate of drug-likeness (QED) is 0.730. The van der Waals surface area contributed by atoms with Gasteiger partial charge < -0.3 is 5.73 Å². The van der Waals surface area contributed by atoms with Gasteiger partial charge >= 0.3 is 0 Å². The Balaban J connectivity index is 2.65. The molecule has 12 heavy (non-hydrogen) atoms. The van der Waals surface area contributed by atoms with Crippen molar-refractivity contribution in [3.05, 3.63) is 23.8 Å². The zero-order chi connectivity index (χ0) is 8.97. The highest BCUT2D eigenvalue weighted by Gasteiger charge is 1.99. The lowest BCUT2D eigenvalue weighted by Gasteiger charge is -2.02. The molecule has 3 heteroatoms. The van der Waals surface area contributed by atoms with Gasteiger partial charge in [0.05, 0.1) is 0 Å². The van der Waals surface area contributed by atoms with Gasteiger partial charge in [0.1, 0.15) is 5.82 Å². The van der Waals surface area contributed by atoms with Gasteiger partial charge in [-0.05, 0) is 5.92 Å². The summed E-state index contributed by atoms with van der Waals surface area (Å²) < 4.78 is 0. The molecule has 1 aromatic rings. The molecule has 0 aliphatic rings. The van der Waals surface area contributed by atoms with E-state index >= 15 is 0 Å². The second-order valence-corrected chi connectivity index (χ2v) is 3.31. The van der Waals surface area contributed by atoms with E-state index in [9.17, 15) is 0 Å². The summed E-state index contributed by atoms with van der Waals surface area (Å²) >= 11 is 0. The van der Waals surface area contributed by atoms with E-state index in [1.807, 2.05) is 0 Å². The van der Waals surface area contributed by atoms with Crippen LogP contribution in [0.2, 0.25) is 0 Å². The fourth-order valence-electron chi connectivity index (χ4n) is 0.957. The maximum absolute atomic E-state index is 5.42. The molecule has 0 radical (unpaired) electrons. The van der Waals surface area contributed by atoms with Crippen LogP contribution in [0.3, 0.4) is 0 Å². The monoisotopic (exact) mass is 165 g/mol. The highest BCUT2D eigenvalue weighted by atomic mass is 14.9. The fraction of sp³-hybridized carbons (Fsp3) is 0.556. The SMILES string of the molecule is CC(C)Cc1ncc(CN)cn1. The van der Waals surface area contributed by atoms with Crippen LogP contribution in [0.1, 0.15) is 25.2 Å². The summed E-state index contributed by atoms with van der Waals surface area (Å²) in [6, 6.07) is 0. The third-order valence-electron chi connectivity index (χ3n) is 1.59. The predicted octanol–water partition coefficient (Wildman–Crippen LogP) is 1.13. The Labute approximate surface area is 73.0 Å². The molecule has 0 aliphatic carbocycles. The highest BCUT2D eigenvalue weighted by molar-refractivity contribution is 5.04. The van der Waals surface area contributed by atoms with Crippen LogP contribution in [0, 0.1) is 5.92 Å². The lowest BCUT2D eigenvalue weighted by molar-refractivity contribution is 0.619. The first-order valence-corrected chi connectivity index (χ1v) is 4.22. The van der Waals surface area contributed by atoms with Crippen LogP contribution in [0.15, 0.2) is 12.4 Å². The minimum Gasteiger partial charge on any atom is -0.326 e. The second kappa shape index (κ2) is 4.16. The molecule has 2 N–H and O–H groups in total. The van der Waals surface area contributed by atoms with E-state index in [4.69, 9.17) is 5.73 Å². The maximum Gasteiger partial charge on any atom is 0.128 e. The van der Waals surface area contributed by atoms with Gasteiger partial charge in [0.25, 0.3) is 0 Å². The van der Waals surface area contributed by atoms with Crippen LogP contribution in [0.5, 0.6) is 0 Å². The van der Waals surface area contributed by atoms with E-state index in [0.29, 0.717) is 12.5 Å². The number of hydrogen-bond donors (Lipinski definition) is 1. The van der Waals surface area contributed by atoms with E-state index in [1.54, 1.807) is 12.4 Å². The third kappa shape index (κ3) is 2.58. The van der Waals surface area contributed by atoms with Gasteiger partial charge in [-0.1, -0.05) is 13.8 Å². The molecular weight excluding hydrogens is 150 g/mol. The van der Waals surface area contributed by atoms with E-state index in [2.05, 4.69) is 23.8 Å². The zero-order valence-corrected chi connectivity index (χ0v) is 7.62. The number of rotatable bonds is 3. The number of hydrogen-bond acceptors (Lipinski definition) is 3. The molecule has 1 rings (SSSR count). The van der Waals surface area contributed by atoms with Crippen molar-refractivity contribution in [2.45, 2.75) is 26.8 Å². The molecule has 0 saturated carbocycles. The molecule has 3 nitrogen and oxygen atoms in total. The molecule has 0 aliphatic heterocycles. The van der Waals surface area contributed by atoms with Crippen LogP contribution in [-0.4, -0.2) is 9.97 Å². The Bertz CT molecular complexity index is 228. The fourth-order valence-corrected chi connectivity index (χ4v) is 0.957. The molecule has 0 fully saturated rings. The smallest absolute Gasteiger partial charge is 0.128 e. The number of nitrogens with two attached hydrogens (primary N) is 1. The topological polar surface area (TPSA) is 51.8 Å². The summed E-state index contributed by atoms with van der Waals surface area (Å²) in [4.78, 5) is 8.40. The Morgan fingerprint density at radius 2 is 1.92 bits per heavy atom. The molecule has 0 spiro atoms. The first kappa shape index (κ1) is 9.13. The van der Waals surface area contributed by atoms with Gasteiger partial charge in [0.2, 0.25) is 0 Å². The van der Waals surface area contributed by atoms with Crippen molar-refractivity contribution in [2.75, 3.05) is 0 Å². The molecule has 66 valence electrons. The van der Waals surface area contributed by atoms with Crippen molar-refractivity contribution in [1.82, 2.24) is 9.97 Å². The van der Waals surface area contributed by atoms with Crippen LogP contribution in [0.4, 0.5) is 0 Å². The molecule has 0 amide bonds.